The molecule has 0 saturated carbocycles. The van der Waals surface area contributed by atoms with Crippen molar-refractivity contribution in [2.45, 2.75) is 16.3 Å². The number of pyridine rings is 1. The average molecular weight is 387 g/mol. The Bertz CT molecular complexity index is 871. The Balaban J connectivity index is 2.16. The van der Waals surface area contributed by atoms with Gasteiger partial charge in [0.1, 0.15) is 11.3 Å². The molecule has 0 bridgehead atoms. The number of nitrogen functional groups attached to an aromatic ring is 1. The molecule has 2 aromatic rings. The Morgan fingerprint density at radius 2 is 2.08 bits per heavy atom. The van der Waals surface area contributed by atoms with Crippen LogP contribution in [0.5, 0.6) is 0 Å². The highest BCUT2D eigenvalue weighted by atomic mass is 32.2. The van der Waals surface area contributed by atoms with Crippen molar-refractivity contribution in [1.29, 1.82) is 0 Å². The zero-order valence-corrected chi connectivity index (χ0v) is 14.4. The fraction of sp³-hybridized carbons (Fsp3) is 0.143. The zero-order valence-electron chi connectivity index (χ0n) is 12.7. The Hall–Kier alpha value is -2.18. The van der Waals surface area contributed by atoms with Gasteiger partial charge in [-0.1, -0.05) is 5.04 Å². The molecule has 0 aliphatic heterocycles. The van der Waals surface area contributed by atoms with Gasteiger partial charge >= 0.3 is 5.97 Å². The zero-order chi connectivity index (χ0) is 18.4. The van der Waals surface area contributed by atoms with Crippen LogP contribution in [-0.2, 0) is 25.8 Å². The summed E-state index contributed by atoms with van der Waals surface area (Å²) in [6.07, 6.45) is 2.94. The first kappa shape index (κ1) is 19.1. The molecular formula is C14H15N2O7S2+. The lowest BCUT2D eigenvalue weighted by Crippen LogP contribution is -2.37. The van der Waals surface area contributed by atoms with Crippen LogP contribution < -0.4 is 10.3 Å². The van der Waals surface area contributed by atoms with Crippen molar-refractivity contribution in [3.05, 3.63) is 48.3 Å². The quantitative estimate of drug-likeness (QED) is 0.200. The first-order chi connectivity index (χ1) is 11.8. The van der Waals surface area contributed by atoms with E-state index in [1.807, 2.05) is 0 Å². The van der Waals surface area contributed by atoms with E-state index in [2.05, 4.69) is 9.37 Å². The van der Waals surface area contributed by atoms with Gasteiger partial charge in [0.15, 0.2) is 28.8 Å². The number of nitrogens with zero attached hydrogens (tertiary/aromatic N) is 1. The van der Waals surface area contributed by atoms with Crippen LogP contribution in [0.15, 0.2) is 52.5 Å². The maximum Gasteiger partial charge on any atom is 0.341 e. The smallest absolute Gasteiger partial charge is 0.341 e. The van der Waals surface area contributed by atoms with Crippen LogP contribution in [0.1, 0.15) is 10.4 Å². The lowest BCUT2D eigenvalue weighted by molar-refractivity contribution is -0.692. The summed E-state index contributed by atoms with van der Waals surface area (Å²) in [5, 5.41) is 20.6. The van der Waals surface area contributed by atoms with Crippen molar-refractivity contribution in [1.82, 2.24) is 0 Å². The molecule has 25 heavy (non-hydrogen) atoms. The number of sulfone groups is 1. The number of nitrogens with two attached hydrogens (primary N) is 1. The number of hydrogen-bond acceptors (Lipinski definition) is 8. The lowest BCUT2D eigenvalue weighted by atomic mass is 10.3. The summed E-state index contributed by atoms with van der Waals surface area (Å²) in [6.45, 7) is 0.0759. The number of hydrogen-bond donors (Lipinski definition) is 3. The lowest BCUT2D eigenvalue weighted by Gasteiger charge is -2.07. The van der Waals surface area contributed by atoms with Crippen LogP contribution in [0.25, 0.3) is 0 Å². The standard InChI is InChI=1S/C14H14N2O7S2/c15-12-4-3-11(8-13(12)24-23-22-19)25(20,21)7-6-16-5-1-2-10(9-16)14(17)18/h1-5,8-9H,6-7,15H2,(H-,17,18,19)/p+1. The highest BCUT2D eigenvalue weighted by Crippen LogP contribution is 2.28. The Kier molecular flexibility index (Phi) is 6.33. The molecule has 1 heterocycles. The number of carbonyl (C=O) groups is 1. The van der Waals surface area contributed by atoms with Gasteiger partial charge in [-0.2, -0.15) is 0 Å². The van der Waals surface area contributed by atoms with E-state index in [9.17, 15) is 13.2 Å². The van der Waals surface area contributed by atoms with Crippen LogP contribution in [0.4, 0.5) is 5.69 Å². The van der Waals surface area contributed by atoms with Crippen LogP contribution in [-0.4, -0.2) is 30.5 Å². The first-order valence-corrected chi connectivity index (χ1v) is 9.22. The van der Waals surface area contributed by atoms with Crippen LogP contribution in [0.3, 0.4) is 0 Å². The number of aromatic nitrogens is 1. The second kappa shape index (κ2) is 8.27. The van der Waals surface area contributed by atoms with E-state index < -0.39 is 15.8 Å². The number of anilines is 1. The van der Waals surface area contributed by atoms with Gasteiger partial charge in [0.25, 0.3) is 0 Å². The molecule has 0 radical (unpaired) electrons. The Morgan fingerprint density at radius 1 is 1.32 bits per heavy atom. The number of carboxylic acids is 1. The molecule has 0 amide bonds. The van der Waals surface area contributed by atoms with Gasteiger partial charge in [0.2, 0.25) is 0 Å². The van der Waals surface area contributed by atoms with Gasteiger partial charge in [-0.15, -0.1) is 4.33 Å². The molecule has 0 fully saturated rings. The predicted molar refractivity (Wildman–Crippen MR) is 87.2 cm³/mol. The second-order valence-electron chi connectivity index (χ2n) is 4.88. The molecule has 2 rings (SSSR count). The largest absolute Gasteiger partial charge is 0.477 e. The SMILES string of the molecule is Nc1ccc(S(=O)(=O)CC[n+]2cccc(C(=O)O)c2)cc1SOOO. The van der Waals surface area contributed by atoms with Gasteiger partial charge in [-0.05, 0) is 24.3 Å². The highest BCUT2D eigenvalue weighted by Gasteiger charge is 2.19. The summed E-state index contributed by atoms with van der Waals surface area (Å²) in [6, 6.07) is 6.99. The van der Waals surface area contributed by atoms with E-state index in [4.69, 9.17) is 16.1 Å². The van der Waals surface area contributed by atoms with Gasteiger partial charge < -0.3 is 10.8 Å². The Labute approximate surface area is 147 Å². The van der Waals surface area contributed by atoms with Crippen molar-refractivity contribution < 1.29 is 37.5 Å². The first-order valence-electron chi connectivity index (χ1n) is 6.83. The van der Waals surface area contributed by atoms with Crippen molar-refractivity contribution in [2.75, 3.05) is 11.5 Å². The summed E-state index contributed by atoms with van der Waals surface area (Å²) in [7, 11) is -3.65. The maximum absolute atomic E-state index is 12.5. The predicted octanol–water partition coefficient (Wildman–Crippen LogP) is 1.16. The summed E-state index contributed by atoms with van der Waals surface area (Å²) in [4.78, 5) is 11.2. The molecule has 11 heteroatoms. The van der Waals surface area contributed by atoms with E-state index >= 15 is 0 Å². The molecule has 0 aliphatic carbocycles. The third-order valence-corrected chi connectivity index (χ3v) is 5.58. The summed E-state index contributed by atoms with van der Waals surface area (Å²) < 4.78 is 30.7. The van der Waals surface area contributed by atoms with Crippen LogP contribution in [0.2, 0.25) is 0 Å². The molecule has 0 saturated heterocycles. The molecule has 0 aliphatic rings. The van der Waals surface area contributed by atoms with E-state index in [1.165, 1.54) is 41.1 Å². The second-order valence-corrected chi connectivity index (χ2v) is 7.73. The Morgan fingerprint density at radius 3 is 2.76 bits per heavy atom. The summed E-state index contributed by atoms with van der Waals surface area (Å²) in [5.41, 5.74) is 6.01. The fourth-order valence-corrected chi connectivity index (χ4v) is 3.74. The molecule has 4 N–H and O–H groups in total. The monoisotopic (exact) mass is 387 g/mol. The molecule has 0 atom stereocenters. The molecule has 0 spiro atoms. The average Bonchev–Trinajstić information content (AvgIpc) is 2.59. The molecular weight excluding hydrogens is 372 g/mol. The maximum atomic E-state index is 12.5. The minimum absolute atomic E-state index is 0.0146. The van der Waals surface area contributed by atoms with E-state index in [-0.39, 0.29) is 33.3 Å². The summed E-state index contributed by atoms with van der Waals surface area (Å²) in [5.74, 6) is -1.34. The van der Waals surface area contributed by atoms with E-state index in [1.54, 1.807) is 6.20 Å². The fourth-order valence-electron chi connectivity index (χ4n) is 1.96. The van der Waals surface area contributed by atoms with Crippen molar-refractivity contribution in [3.8, 4) is 0 Å². The number of aromatic carboxylic acids is 1. The van der Waals surface area contributed by atoms with Gasteiger partial charge in [0.05, 0.1) is 21.8 Å². The van der Waals surface area contributed by atoms with Crippen molar-refractivity contribution in [3.63, 3.8) is 0 Å². The van der Waals surface area contributed by atoms with Gasteiger partial charge in [-0.25, -0.2) is 23.0 Å². The van der Waals surface area contributed by atoms with Gasteiger partial charge in [-0.3, -0.25) is 0 Å². The minimum atomic E-state index is -3.65. The number of rotatable bonds is 8. The molecule has 1 aromatic carbocycles. The van der Waals surface area contributed by atoms with E-state index in [0.29, 0.717) is 12.0 Å². The van der Waals surface area contributed by atoms with Gasteiger partial charge in [0, 0.05) is 11.8 Å². The molecule has 134 valence electrons. The van der Waals surface area contributed by atoms with Crippen molar-refractivity contribution in [2.24, 2.45) is 0 Å². The normalized spacial score (nSPS) is 11.4. The third kappa shape index (κ3) is 5.14. The molecule has 0 unspecified atom stereocenters. The minimum Gasteiger partial charge on any atom is -0.477 e. The van der Waals surface area contributed by atoms with Crippen LogP contribution in [0, 0.1) is 0 Å². The topological polar surface area (TPSA) is 140 Å². The molecule has 1 aromatic heterocycles. The third-order valence-electron chi connectivity index (χ3n) is 3.22. The van der Waals surface area contributed by atoms with Crippen LogP contribution >= 0.6 is 12.0 Å². The number of benzene rings is 1. The van der Waals surface area contributed by atoms with E-state index in [0.717, 1.165) is 0 Å². The number of aryl methyl sites for hydroxylation is 1. The number of carboxylic acid groups (broad SMARTS) is 1. The highest BCUT2D eigenvalue weighted by molar-refractivity contribution is 7.95. The molecule has 9 nitrogen and oxygen atoms in total. The van der Waals surface area contributed by atoms with Crippen molar-refractivity contribution >= 4 is 33.5 Å². The summed E-state index contributed by atoms with van der Waals surface area (Å²) >= 11 is 0.565.